The Balaban J connectivity index is 1.81. The second-order valence-corrected chi connectivity index (χ2v) is 5.11. The lowest BCUT2D eigenvalue weighted by Gasteiger charge is -2.03. The number of amides is 1. The Morgan fingerprint density at radius 1 is 1.13 bits per heavy atom. The van der Waals surface area contributed by atoms with Crippen molar-refractivity contribution in [3.8, 4) is 0 Å². The average Bonchev–Trinajstić information content (AvgIpc) is 2.85. The fourth-order valence-corrected chi connectivity index (χ4v) is 2.41. The first-order chi connectivity index (χ1) is 11.2. The summed E-state index contributed by atoms with van der Waals surface area (Å²) in [5.41, 5.74) is 3.49. The minimum atomic E-state index is -0.254. The number of nitrogens with zero attached hydrogens (tertiary/aromatic N) is 1. The fourth-order valence-electron chi connectivity index (χ4n) is 2.41. The van der Waals surface area contributed by atoms with Gasteiger partial charge in [-0.1, -0.05) is 30.3 Å². The van der Waals surface area contributed by atoms with Crippen LogP contribution < -0.4 is 5.32 Å². The lowest BCUT2D eigenvalue weighted by Crippen LogP contribution is -2.13. The van der Waals surface area contributed by atoms with E-state index < -0.39 is 0 Å². The van der Waals surface area contributed by atoms with Crippen molar-refractivity contribution < 1.29 is 14.3 Å². The van der Waals surface area contributed by atoms with Gasteiger partial charge in [0, 0.05) is 5.56 Å². The van der Waals surface area contributed by atoms with Crippen molar-refractivity contribution >= 4 is 29.0 Å². The number of anilines is 1. The number of para-hydroxylation sites is 1. The molecule has 5 nitrogen and oxygen atoms in total. The summed E-state index contributed by atoms with van der Waals surface area (Å²) in [5.74, 6) is -0.461. The third-order valence-corrected chi connectivity index (χ3v) is 3.48. The highest BCUT2D eigenvalue weighted by atomic mass is 16.5. The predicted molar refractivity (Wildman–Crippen MR) is 88.0 cm³/mol. The monoisotopic (exact) mass is 308 g/mol. The van der Waals surface area contributed by atoms with Crippen molar-refractivity contribution in [2.75, 3.05) is 11.9 Å². The third-order valence-electron chi connectivity index (χ3n) is 3.48. The molecule has 1 heterocycles. The molecule has 1 aliphatic heterocycles. The number of rotatable bonds is 4. The van der Waals surface area contributed by atoms with Crippen LogP contribution in [0.1, 0.15) is 18.1 Å². The van der Waals surface area contributed by atoms with E-state index in [1.54, 1.807) is 19.1 Å². The van der Waals surface area contributed by atoms with E-state index in [1.807, 2.05) is 36.4 Å². The second kappa shape index (κ2) is 6.44. The topological polar surface area (TPSA) is 67.8 Å². The molecule has 0 fully saturated rings. The van der Waals surface area contributed by atoms with Crippen LogP contribution in [0.2, 0.25) is 0 Å². The van der Waals surface area contributed by atoms with Gasteiger partial charge in [-0.15, -0.1) is 0 Å². The summed E-state index contributed by atoms with van der Waals surface area (Å²) in [6, 6.07) is 14.7. The van der Waals surface area contributed by atoms with Crippen molar-refractivity contribution in [1.29, 1.82) is 0 Å². The molecule has 0 spiro atoms. The lowest BCUT2D eigenvalue weighted by atomic mass is 10.1. The van der Waals surface area contributed by atoms with Gasteiger partial charge in [0.1, 0.15) is 5.71 Å². The van der Waals surface area contributed by atoms with Crippen molar-refractivity contribution in [1.82, 2.24) is 0 Å². The van der Waals surface area contributed by atoms with Crippen LogP contribution in [-0.4, -0.2) is 24.2 Å². The molecular formula is C18H16N2O3. The highest BCUT2D eigenvalue weighted by Gasteiger charge is 2.25. The summed E-state index contributed by atoms with van der Waals surface area (Å²) in [6.07, 6.45) is 0.230. The summed E-state index contributed by atoms with van der Waals surface area (Å²) in [7, 11) is 0. The number of carbonyl (C=O) groups excluding carboxylic acids is 2. The highest BCUT2D eigenvalue weighted by Crippen LogP contribution is 2.25. The van der Waals surface area contributed by atoms with Gasteiger partial charge in [0.25, 0.3) is 5.91 Å². The molecule has 1 N–H and O–H groups in total. The largest absolute Gasteiger partial charge is 0.466 e. The number of hydrogen-bond acceptors (Lipinski definition) is 4. The Kier molecular flexibility index (Phi) is 4.19. The van der Waals surface area contributed by atoms with Crippen LogP contribution in [-0.2, 0) is 20.7 Å². The Labute approximate surface area is 134 Å². The first kappa shape index (κ1) is 15.0. The Bertz CT molecular complexity index is 779. The van der Waals surface area contributed by atoms with Crippen molar-refractivity contribution in [2.24, 2.45) is 4.99 Å². The molecule has 2 aromatic rings. The zero-order valence-electron chi connectivity index (χ0n) is 12.7. The van der Waals surface area contributed by atoms with Gasteiger partial charge < -0.3 is 10.1 Å². The number of benzene rings is 2. The molecule has 116 valence electrons. The molecule has 1 aliphatic rings. The number of ether oxygens (including phenoxy) is 1. The molecule has 0 saturated carbocycles. The van der Waals surface area contributed by atoms with Gasteiger partial charge in [-0.25, -0.2) is 4.99 Å². The molecule has 0 radical (unpaired) electrons. The minimum Gasteiger partial charge on any atom is -0.466 e. The molecule has 5 heteroatoms. The molecule has 1 amide bonds. The first-order valence-electron chi connectivity index (χ1n) is 7.41. The number of esters is 1. The van der Waals surface area contributed by atoms with E-state index in [-0.39, 0.29) is 18.3 Å². The standard InChI is InChI=1S/C18H16N2O3/c1-2-23-16(21)11-12-7-9-13(10-8-12)19-17-14-5-3-4-6-15(14)20-18(17)22/h3-10H,2,11H2,1H3,(H,19,20,22). The van der Waals surface area contributed by atoms with Crippen LogP contribution in [0, 0.1) is 0 Å². The zero-order chi connectivity index (χ0) is 16.2. The Hall–Kier alpha value is -2.95. The number of fused-ring (bicyclic) bond motifs is 1. The maximum atomic E-state index is 12.0. The number of aliphatic imine (C=N–C) groups is 1. The van der Waals surface area contributed by atoms with Crippen molar-refractivity contribution in [2.45, 2.75) is 13.3 Å². The molecule has 0 saturated heterocycles. The van der Waals surface area contributed by atoms with E-state index in [9.17, 15) is 9.59 Å². The van der Waals surface area contributed by atoms with Crippen LogP contribution in [0.25, 0.3) is 0 Å². The molecule has 0 atom stereocenters. The smallest absolute Gasteiger partial charge is 0.310 e. The third kappa shape index (κ3) is 3.29. The van der Waals surface area contributed by atoms with Gasteiger partial charge in [-0.3, -0.25) is 9.59 Å². The number of carbonyl (C=O) groups is 2. The van der Waals surface area contributed by atoms with E-state index in [0.29, 0.717) is 18.0 Å². The zero-order valence-corrected chi connectivity index (χ0v) is 12.7. The minimum absolute atomic E-state index is 0.207. The summed E-state index contributed by atoms with van der Waals surface area (Å²) < 4.78 is 4.92. The molecule has 3 rings (SSSR count). The average molecular weight is 308 g/mol. The van der Waals surface area contributed by atoms with E-state index in [2.05, 4.69) is 10.3 Å². The summed E-state index contributed by atoms with van der Waals surface area (Å²) in [6.45, 7) is 2.15. The second-order valence-electron chi connectivity index (χ2n) is 5.11. The van der Waals surface area contributed by atoms with Gasteiger partial charge in [0.05, 0.1) is 24.4 Å². The molecule has 23 heavy (non-hydrogen) atoms. The molecule has 0 aromatic heterocycles. The summed E-state index contributed by atoms with van der Waals surface area (Å²) in [5, 5.41) is 2.79. The molecule has 0 aliphatic carbocycles. The number of hydrogen-bond donors (Lipinski definition) is 1. The molecule has 2 aromatic carbocycles. The predicted octanol–water partition coefficient (Wildman–Crippen LogP) is 2.87. The Morgan fingerprint density at radius 3 is 2.61 bits per heavy atom. The molecule has 0 unspecified atom stereocenters. The normalized spacial score (nSPS) is 14.5. The summed E-state index contributed by atoms with van der Waals surface area (Å²) in [4.78, 5) is 27.9. The van der Waals surface area contributed by atoms with Crippen molar-refractivity contribution in [3.05, 3.63) is 59.7 Å². The lowest BCUT2D eigenvalue weighted by molar-refractivity contribution is -0.142. The van der Waals surface area contributed by atoms with Gasteiger partial charge in [-0.05, 0) is 30.7 Å². The number of nitrogens with one attached hydrogen (secondary N) is 1. The highest BCUT2D eigenvalue weighted by molar-refractivity contribution is 6.54. The van der Waals surface area contributed by atoms with Gasteiger partial charge in [0.15, 0.2) is 0 Å². The van der Waals surface area contributed by atoms with E-state index in [4.69, 9.17) is 4.74 Å². The van der Waals surface area contributed by atoms with Crippen LogP contribution in [0.4, 0.5) is 11.4 Å². The maximum Gasteiger partial charge on any atom is 0.310 e. The van der Waals surface area contributed by atoms with Crippen LogP contribution >= 0.6 is 0 Å². The van der Waals surface area contributed by atoms with Gasteiger partial charge >= 0.3 is 5.97 Å². The van der Waals surface area contributed by atoms with Crippen molar-refractivity contribution in [3.63, 3.8) is 0 Å². The van der Waals surface area contributed by atoms with Crippen LogP contribution in [0.3, 0.4) is 0 Å². The van der Waals surface area contributed by atoms with Gasteiger partial charge in [0.2, 0.25) is 0 Å². The first-order valence-corrected chi connectivity index (χ1v) is 7.41. The molecule has 0 bridgehead atoms. The Morgan fingerprint density at radius 2 is 1.87 bits per heavy atom. The van der Waals surface area contributed by atoms with E-state index in [1.165, 1.54) is 0 Å². The SMILES string of the molecule is CCOC(=O)Cc1ccc(N=C2C(=O)Nc3ccccc32)cc1. The molecular weight excluding hydrogens is 292 g/mol. The van der Waals surface area contributed by atoms with E-state index in [0.717, 1.165) is 16.8 Å². The van der Waals surface area contributed by atoms with Crippen LogP contribution in [0.5, 0.6) is 0 Å². The maximum absolute atomic E-state index is 12.0. The quantitative estimate of drug-likeness (QED) is 0.883. The van der Waals surface area contributed by atoms with E-state index >= 15 is 0 Å². The summed E-state index contributed by atoms with van der Waals surface area (Å²) >= 11 is 0. The fraction of sp³-hybridized carbons (Fsp3) is 0.167. The van der Waals surface area contributed by atoms with Gasteiger partial charge in [-0.2, -0.15) is 0 Å². The van der Waals surface area contributed by atoms with Crippen LogP contribution in [0.15, 0.2) is 53.5 Å².